The Morgan fingerprint density at radius 3 is 2.59 bits per heavy atom. The zero-order chi connectivity index (χ0) is 12.7. The molecule has 1 aromatic carbocycles. The summed E-state index contributed by atoms with van der Waals surface area (Å²) in [6.45, 7) is 8.38. The normalized spacial score (nSPS) is 10.8. The van der Waals surface area contributed by atoms with Crippen LogP contribution in [0.1, 0.15) is 25.8 Å². The molecular weight excluding hydrogens is 214 g/mol. The zero-order valence-electron chi connectivity index (χ0n) is 11.0. The van der Waals surface area contributed by atoms with Crippen molar-refractivity contribution in [3.8, 4) is 5.75 Å². The molecule has 0 aliphatic rings. The van der Waals surface area contributed by atoms with E-state index in [0.717, 1.165) is 30.0 Å². The van der Waals surface area contributed by atoms with Crippen LogP contribution < -0.4 is 10.5 Å². The second-order valence-corrected chi connectivity index (χ2v) is 4.66. The number of aryl methyl sites for hydroxylation is 1. The molecule has 0 saturated carbocycles. The molecule has 2 N–H and O–H groups in total. The molecule has 0 aliphatic heterocycles. The van der Waals surface area contributed by atoms with E-state index < -0.39 is 0 Å². The molecule has 1 aromatic rings. The maximum atomic E-state index is 5.73. The molecule has 0 spiro atoms. The summed E-state index contributed by atoms with van der Waals surface area (Å²) < 4.78 is 11.0. The van der Waals surface area contributed by atoms with Crippen LogP contribution in [0.5, 0.6) is 5.75 Å². The number of anilines is 1. The quantitative estimate of drug-likeness (QED) is 0.585. The number of hydrogen-bond acceptors (Lipinski definition) is 3. The molecule has 0 fully saturated rings. The van der Waals surface area contributed by atoms with Crippen molar-refractivity contribution in [1.29, 1.82) is 0 Å². The Balaban J connectivity index is 2.16. The Labute approximate surface area is 104 Å². The van der Waals surface area contributed by atoms with Gasteiger partial charge < -0.3 is 15.2 Å². The Kier molecular flexibility index (Phi) is 5.84. The fraction of sp³-hybridized carbons (Fsp3) is 0.571. The summed E-state index contributed by atoms with van der Waals surface area (Å²) in [5.41, 5.74) is 7.57. The van der Waals surface area contributed by atoms with Crippen molar-refractivity contribution in [1.82, 2.24) is 0 Å². The summed E-state index contributed by atoms with van der Waals surface area (Å²) in [5, 5.41) is 0. The molecule has 0 aromatic heterocycles. The van der Waals surface area contributed by atoms with Crippen molar-refractivity contribution in [2.45, 2.75) is 27.2 Å². The number of hydrogen-bond donors (Lipinski definition) is 1. The highest BCUT2D eigenvalue weighted by Crippen LogP contribution is 2.18. The van der Waals surface area contributed by atoms with Crippen molar-refractivity contribution >= 4 is 5.69 Å². The van der Waals surface area contributed by atoms with Gasteiger partial charge in [-0.1, -0.05) is 13.8 Å². The van der Waals surface area contributed by atoms with Crippen LogP contribution in [0.15, 0.2) is 18.2 Å². The molecule has 1 rings (SSSR count). The van der Waals surface area contributed by atoms with Gasteiger partial charge in [0.1, 0.15) is 12.4 Å². The van der Waals surface area contributed by atoms with E-state index in [1.165, 1.54) is 0 Å². The van der Waals surface area contributed by atoms with Crippen LogP contribution in [0.2, 0.25) is 0 Å². The van der Waals surface area contributed by atoms with Crippen LogP contribution in [0.3, 0.4) is 0 Å². The standard InChI is InChI=1S/C14H23NO2/c1-11(2)6-7-16-8-9-17-13-4-5-14(15)12(3)10-13/h4-5,10-11H,6-9,15H2,1-3H3. The van der Waals surface area contributed by atoms with E-state index in [2.05, 4.69) is 13.8 Å². The maximum Gasteiger partial charge on any atom is 0.119 e. The molecule has 96 valence electrons. The van der Waals surface area contributed by atoms with Crippen LogP contribution in [0, 0.1) is 12.8 Å². The minimum absolute atomic E-state index is 0.585. The van der Waals surface area contributed by atoms with Gasteiger partial charge in [-0.25, -0.2) is 0 Å². The summed E-state index contributed by atoms with van der Waals surface area (Å²) in [4.78, 5) is 0. The van der Waals surface area contributed by atoms with E-state index in [1.54, 1.807) is 0 Å². The number of ether oxygens (including phenoxy) is 2. The smallest absolute Gasteiger partial charge is 0.119 e. The fourth-order valence-corrected chi connectivity index (χ4v) is 1.38. The highest BCUT2D eigenvalue weighted by atomic mass is 16.5. The predicted octanol–water partition coefficient (Wildman–Crippen LogP) is 3.02. The molecular formula is C14H23NO2. The van der Waals surface area contributed by atoms with Gasteiger partial charge in [0, 0.05) is 12.3 Å². The first-order valence-corrected chi connectivity index (χ1v) is 6.16. The van der Waals surface area contributed by atoms with Crippen molar-refractivity contribution in [2.24, 2.45) is 5.92 Å². The molecule has 0 atom stereocenters. The average Bonchev–Trinajstić information content (AvgIpc) is 2.27. The molecule has 3 nitrogen and oxygen atoms in total. The third-order valence-electron chi connectivity index (χ3n) is 2.58. The molecule has 3 heteroatoms. The van der Waals surface area contributed by atoms with E-state index in [-0.39, 0.29) is 0 Å². The van der Waals surface area contributed by atoms with Gasteiger partial charge in [-0.2, -0.15) is 0 Å². The van der Waals surface area contributed by atoms with Crippen molar-refractivity contribution in [2.75, 3.05) is 25.6 Å². The molecule has 0 bridgehead atoms. The molecule has 0 radical (unpaired) electrons. The number of rotatable bonds is 7. The first kappa shape index (κ1) is 13.8. The van der Waals surface area contributed by atoms with E-state index >= 15 is 0 Å². The molecule has 17 heavy (non-hydrogen) atoms. The van der Waals surface area contributed by atoms with Gasteiger partial charge in [0.25, 0.3) is 0 Å². The topological polar surface area (TPSA) is 44.5 Å². The number of benzene rings is 1. The summed E-state index contributed by atoms with van der Waals surface area (Å²) in [6, 6.07) is 5.70. The van der Waals surface area contributed by atoms with Crippen molar-refractivity contribution in [3.05, 3.63) is 23.8 Å². The SMILES string of the molecule is Cc1cc(OCCOCCC(C)C)ccc1N. The van der Waals surface area contributed by atoms with Crippen LogP contribution in [0.4, 0.5) is 5.69 Å². The van der Waals surface area contributed by atoms with Gasteiger partial charge in [0.2, 0.25) is 0 Å². The largest absolute Gasteiger partial charge is 0.491 e. The second-order valence-electron chi connectivity index (χ2n) is 4.66. The Morgan fingerprint density at radius 2 is 1.94 bits per heavy atom. The van der Waals surface area contributed by atoms with Gasteiger partial charge in [0.05, 0.1) is 6.61 Å². The van der Waals surface area contributed by atoms with Crippen molar-refractivity contribution in [3.63, 3.8) is 0 Å². The Morgan fingerprint density at radius 1 is 1.18 bits per heavy atom. The summed E-state index contributed by atoms with van der Waals surface area (Å²) in [7, 11) is 0. The lowest BCUT2D eigenvalue weighted by Crippen LogP contribution is -2.08. The van der Waals surface area contributed by atoms with Gasteiger partial charge in [-0.3, -0.25) is 0 Å². The summed E-state index contributed by atoms with van der Waals surface area (Å²) in [6.07, 6.45) is 1.10. The molecule has 0 heterocycles. The maximum absolute atomic E-state index is 5.73. The second kappa shape index (κ2) is 7.17. The molecule has 0 amide bonds. The average molecular weight is 237 g/mol. The highest BCUT2D eigenvalue weighted by Gasteiger charge is 1.98. The third kappa shape index (κ3) is 5.59. The summed E-state index contributed by atoms with van der Waals surface area (Å²) in [5.74, 6) is 1.54. The summed E-state index contributed by atoms with van der Waals surface area (Å²) >= 11 is 0. The molecule has 0 unspecified atom stereocenters. The van der Waals surface area contributed by atoms with E-state index in [9.17, 15) is 0 Å². The first-order valence-electron chi connectivity index (χ1n) is 6.16. The van der Waals surface area contributed by atoms with Gasteiger partial charge in [-0.15, -0.1) is 0 Å². The van der Waals surface area contributed by atoms with Crippen LogP contribution in [0.25, 0.3) is 0 Å². The first-order chi connectivity index (χ1) is 8.09. The lowest BCUT2D eigenvalue weighted by molar-refractivity contribution is 0.0926. The fourth-order valence-electron chi connectivity index (χ4n) is 1.38. The minimum atomic E-state index is 0.585. The van der Waals surface area contributed by atoms with E-state index in [1.807, 2.05) is 25.1 Å². The van der Waals surface area contributed by atoms with Crippen LogP contribution in [-0.4, -0.2) is 19.8 Å². The number of nitrogen functional groups attached to an aromatic ring is 1. The van der Waals surface area contributed by atoms with E-state index in [0.29, 0.717) is 19.1 Å². The minimum Gasteiger partial charge on any atom is -0.491 e. The van der Waals surface area contributed by atoms with Gasteiger partial charge in [-0.05, 0) is 43.0 Å². The van der Waals surface area contributed by atoms with Crippen LogP contribution >= 0.6 is 0 Å². The molecule has 0 aliphatic carbocycles. The Bertz CT molecular complexity index is 337. The van der Waals surface area contributed by atoms with Gasteiger partial charge >= 0.3 is 0 Å². The van der Waals surface area contributed by atoms with Gasteiger partial charge in [0.15, 0.2) is 0 Å². The number of nitrogens with two attached hydrogens (primary N) is 1. The third-order valence-corrected chi connectivity index (χ3v) is 2.58. The monoisotopic (exact) mass is 237 g/mol. The highest BCUT2D eigenvalue weighted by molar-refractivity contribution is 5.49. The predicted molar refractivity (Wildman–Crippen MR) is 71.4 cm³/mol. The van der Waals surface area contributed by atoms with Crippen molar-refractivity contribution < 1.29 is 9.47 Å². The Hall–Kier alpha value is -1.22. The molecule has 0 saturated heterocycles. The lowest BCUT2D eigenvalue weighted by Gasteiger charge is -2.09. The van der Waals surface area contributed by atoms with Crippen LogP contribution in [-0.2, 0) is 4.74 Å². The lowest BCUT2D eigenvalue weighted by atomic mass is 10.1. The van der Waals surface area contributed by atoms with E-state index in [4.69, 9.17) is 15.2 Å². The zero-order valence-corrected chi connectivity index (χ0v) is 11.0.